The van der Waals surface area contributed by atoms with Gasteiger partial charge in [-0.3, -0.25) is 4.79 Å². The molecule has 0 aliphatic carbocycles. The van der Waals surface area contributed by atoms with Crippen LogP contribution in [0.25, 0.3) is 22.2 Å². The molecule has 5 heterocycles. The molecule has 1 atom stereocenters. The first-order valence-electron chi connectivity index (χ1n) is 16.9. The van der Waals surface area contributed by atoms with Gasteiger partial charge in [-0.15, -0.1) is 0 Å². The Labute approximate surface area is 271 Å². The number of likely N-dealkylation sites (tertiary alicyclic amines) is 2. The average molecular weight is 621 g/mol. The van der Waals surface area contributed by atoms with E-state index in [2.05, 4.69) is 41.9 Å². The van der Waals surface area contributed by atoms with Gasteiger partial charge in [-0.1, -0.05) is 20.8 Å². The molecule has 0 saturated carbocycles. The predicted octanol–water partition coefficient (Wildman–Crippen LogP) is 6.73. The molecule has 1 amide bonds. The fraction of sp³-hybridized carbons (Fsp3) is 0.486. The first-order chi connectivity index (χ1) is 22.4. The van der Waals surface area contributed by atoms with Crippen LogP contribution in [0.4, 0.5) is 0 Å². The lowest BCUT2D eigenvalue weighted by atomic mass is 9.93. The standard InChI is InChI=1S/C37H44N6O3/c1-24(2)32-8-9-33(41-40-32)26-4-6-31(7-5-26)46-35-20-34-28(19-29(35)23-43-22-25(3)18-36(43)44)21-38-37(39-34)27-10-14-42(15-11-27)30-12-16-45-17-13-30/h4-9,19-21,24-25,27,30H,10-18,22-23H2,1-3H3/t25-/m0/s1. The van der Waals surface area contributed by atoms with E-state index in [4.69, 9.17) is 19.4 Å². The van der Waals surface area contributed by atoms with Crippen molar-refractivity contribution < 1.29 is 14.3 Å². The molecule has 7 rings (SSSR count). The topological polar surface area (TPSA) is 93.6 Å². The average Bonchev–Trinajstić information content (AvgIpc) is 3.41. The molecule has 3 saturated heterocycles. The second kappa shape index (κ2) is 13.4. The molecule has 3 aliphatic heterocycles. The molecule has 2 aromatic heterocycles. The van der Waals surface area contributed by atoms with Gasteiger partial charge in [0.1, 0.15) is 17.3 Å². The van der Waals surface area contributed by atoms with Crippen molar-refractivity contribution >= 4 is 16.8 Å². The van der Waals surface area contributed by atoms with Gasteiger partial charge >= 0.3 is 0 Å². The molecule has 240 valence electrons. The Balaban J connectivity index is 1.13. The SMILES string of the molecule is CC(C)c1ccc(-c2ccc(Oc3cc4nc(C5CCN(C6CCOCC6)CC5)ncc4cc3CN3C[C@@H](C)CC3=O)cc2)nn1. The van der Waals surface area contributed by atoms with Gasteiger partial charge in [0.25, 0.3) is 0 Å². The summed E-state index contributed by atoms with van der Waals surface area (Å²) in [6.45, 7) is 11.5. The number of amides is 1. The highest BCUT2D eigenvalue weighted by Crippen LogP contribution is 2.35. The number of fused-ring (bicyclic) bond motifs is 1. The summed E-state index contributed by atoms with van der Waals surface area (Å²) < 4.78 is 12.1. The van der Waals surface area contributed by atoms with Crippen molar-refractivity contribution in [1.29, 1.82) is 0 Å². The molecule has 0 spiro atoms. The zero-order valence-corrected chi connectivity index (χ0v) is 27.2. The first kappa shape index (κ1) is 30.7. The van der Waals surface area contributed by atoms with E-state index in [0.717, 1.165) is 97.8 Å². The second-order valence-electron chi connectivity index (χ2n) is 13.6. The van der Waals surface area contributed by atoms with Crippen molar-refractivity contribution in [2.75, 3.05) is 32.8 Å². The van der Waals surface area contributed by atoms with E-state index < -0.39 is 0 Å². The van der Waals surface area contributed by atoms with Gasteiger partial charge in [0.15, 0.2) is 0 Å². The molecule has 0 bridgehead atoms. The van der Waals surface area contributed by atoms with E-state index in [1.54, 1.807) is 0 Å². The Morgan fingerprint density at radius 1 is 0.978 bits per heavy atom. The van der Waals surface area contributed by atoms with Crippen molar-refractivity contribution in [3.05, 3.63) is 71.8 Å². The largest absolute Gasteiger partial charge is 0.457 e. The monoisotopic (exact) mass is 620 g/mol. The molecule has 0 unspecified atom stereocenters. The molecule has 0 radical (unpaired) electrons. The van der Waals surface area contributed by atoms with Gasteiger partial charge in [0, 0.05) is 73.5 Å². The maximum absolute atomic E-state index is 12.7. The van der Waals surface area contributed by atoms with Gasteiger partial charge in [-0.25, -0.2) is 9.97 Å². The lowest BCUT2D eigenvalue weighted by Crippen LogP contribution is -2.43. The number of hydrogen-bond donors (Lipinski definition) is 0. The summed E-state index contributed by atoms with van der Waals surface area (Å²) in [6.07, 6.45) is 6.93. The highest BCUT2D eigenvalue weighted by molar-refractivity contribution is 5.82. The van der Waals surface area contributed by atoms with Crippen LogP contribution in [0, 0.1) is 5.92 Å². The zero-order chi connectivity index (χ0) is 31.6. The maximum Gasteiger partial charge on any atom is 0.223 e. The minimum absolute atomic E-state index is 0.186. The Hall–Kier alpha value is -3.95. The number of rotatable bonds is 8. The fourth-order valence-electron chi connectivity index (χ4n) is 7.06. The van der Waals surface area contributed by atoms with Gasteiger partial charge < -0.3 is 19.3 Å². The summed E-state index contributed by atoms with van der Waals surface area (Å²) in [5.41, 5.74) is 4.60. The zero-order valence-electron chi connectivity index (χ0n) is 27.2. The molecule has 9 heteroatoms. The van der Waals surface area contributed by atoms with Gasteiger partial charge in [-0.2, -0.15) is 10.2 Å². The van der Waals surface area contributed by atoms with Crippen molar-refractivity contribution in [3.8, 4) is 22.8 Å². The predicted molar refractivity (Wildman–Crippen MR) is 178 cm³/mol. The van der Waals surface area contributed by atoms with E-state index in [1.807, 2.05) is 53.6 Å². The molecule has 0 N–H and O–H groups in total. The summed E-state index contributed by atoms with van der Waals surface area (Å²) in [4.78, 5) is 27.2. The normalized spacial score (nSPS) is 20.2. The lowest BCUT2D eigenvalue weighted by molar-refractivity contribution is -0.128. The quantitative estimate of drug-likeness (QED) is 0.214. The number of benzene rings is 2. The van der Waals surface area contributed by atoms with E-state index in [0.29, 0.717) is 48.3 Å². The maximum atomic E-state index is 12.7. The molecule has 46 heavy (non-hydrogen) atoms. The smallest absolute Gasteiger partial charge is 0.223 e. The van der Waals surface area contributed by atoms with Crippen LogP contribution >= 0.6 is 0 Å². The number of hydrogen-bond acceptors (Lipinski definition) is 8. The van der Waals surface area contributed by atoms with Crippen LogP contribution in [-0.2, 0) is 16.1 Å². The number of carbonyl (C=O) groups excluding carboxylic acids is 1. The highest BCUT2D eigenvalue weighted by Gasteiger charge is 2.29. The van der Waals surface area contributed by atoms with Gasteiger partial charge in [0.2, 0.25) is 5.91 Å². The Morgan fingerprint density at radius 3 is 2.43 bits per heavy atom. The second-order valence-corrected chi connectivity index (χ2v) is 13.6. The number of nitrogens with zero attached hydrogens (tertiary/aromatic N) is 6. The van der Waals surface area contributed by atoms with Crippen molar-refractivity contribution in [3.63, 3.8) is 0 Å². The fourth-order valence-corrected chi connectivity index (χ4v) is 7.06. The number of carbonyl (C=O) groups is 1. The first-order valence-corrected chi connectivity index (χ1v) is 16.9. The van der Waals surface area contributed by atoms with Crippen LogP contribution in [0.2, 0.25) is 0 Å². The Kier molecular flexibility index (Phi) is 8.95. The van der Waals surface area contributed by atoms with Crippen LogP contribution in [-0.4, -0.2) is 74.8 Å². The number of aromatic nitrogens is 4. The van der Waals surface area contributed by atoms with Gasteiger partial charge in [0.05, 0.1) is 16.9 Å². The van der Waals surface area contributed by atoms with E-state index >= 15 is 0 Å². The third-order valence-electron chi connectivity index (χ3n) is 9.81. The van der Waals surface area contributed by atoms with E-state index in [1.165, 1.54) is 0 Å². The summed E-state index contributed by atoms with van der Waals surface area (Å²) >= 11 is 0. The molecule has 9 nitrogen and oxygen atoms in total. The third-order valence-corrected chi connectivity index (χ3v) is 9.81. The molecular formula is C37H44N6O3. The molecule has 3 aliphatic rings. The van der Waals surface area contributed by atoms with Crippen LogP contribution in [0.1, 0.15) is 81.8 Å². The minimum Gasteiger partial charge on any atom is -0.457 e. The molecule has 2 aromatic carbocycles. The van der Waals surface area contributed by atoms with Crippen LogP contribution in [0.5, 0.6) is 11.5 Å². The molecule has 3 fully saturated rings. The van der Waals surface area contributed by atoms with Crippen LogP contribution < -0.4 is 4.74 Å². The Morgan fingerprint density at radius 2 is 1.76 bits per heavy atom. The summed E-state index contributed by atoms with van der Waals surface area (Å²) in [5.74, 6) is 3.56. The van der Waals surface area contributed by atoms with Crippen molar-refractivity contribution in [2.24, 2.45) is 5.92 Å². The van der Waals surface area contributed by atoms with Crippen LogP contribution in [0.3, 0.4) is 0 Å². The molecule has 4 aromatic rings. The highest BCUT2D eigenvalue weighted by atomic mass is 16.5. The van der Waals surface area contributed by atoms with Crippen LogP contribution in [0.15, 0.2) is 54.7 Å². The minimum atomic E-state index is 0.186. The summed E-state index contributed by atoms with van der Waals surface area (Å²) in [7, 11) is 0. The van der Waals surface area contributed by atoms with Crippen molar-refractivity contribution in [2.45, 2.75) is 77.3 Å². The molecular weight excluding hydrogens is 576 g/mol. The lowest BCUT2D eigenvalue weighted by Gasteiger charge is -2.38. The van der Waals surface area contributed by atoms with E-state index in [-0.39, 0.29) is 5.91 Å². The summed E-state index contributed by atoms with van der Waals surface area (Å²) in [6, 6.07) is 16.7. The summed E-state index contributed by atoms with van der Waals surface area (Å²) in [5, 5.41) is 9.77. The van der Waals surface area contributed by atoms with Gasteiger partial charge in [-0.05, 0) is 93.1 Å². The number of ether oxygens (including phenoxy) is 2. The Bertz CT molecular complexity index is 1660. The third kappa shape index (κ3) is 6.76. The van der Waals surface area contributed by atoms with Crippen molar-refractivity contribution in [1.82, 2.24) is 30.0 Å². The van der Waals surface area contributed by atoms with E-state index in [9.17, 15) is 4.79 Å². The number of piperidine rings is 1.